The molecule has 1 aliphatic rings. The Hall–Kier alpha value is -3.60. The first-order chi connectivity index (χ1) is 13.5. The number of anilines is 3. The number of nitro groups is 1. The third kappa shape index (κ3) is 4.38. The highest BCUT2D eigenvalue weighted by Crippen LogP contribution is 2.30. The summed E-state index contributed by atoms with van der Waals surface area (Å²) in [5, 5.41) is 23.3. The van der Waals surface area contributed by atoms with E-state index in [0.717, 1.165) is 24.5 Å². The zero-order valence-electron chi connectivity index (χ0n) is 15.6. The van der Waals surface area contributed by atoms with Gasteiger partial charge in [-0.15, -0.1) is 0 Å². The van der Waals surface area contributed by atoms with Crippen molar-refractivity contribution in [1.82, 2.24) is 4.90 Å². The largest absolute Gasteiger partial charge is 0.368 e. The van der Waals surface area contributed by atoms with Crippen LogP contribution >= 0.6 is 0 Å². The number of nitrogens with one attached hydrogen (secondary N) is 1. The number of rotatable bonds is 5. The molecule has 3 rings (SSSR count). The molecule has 1 heterocycles. The summed E-state index contributed by atoms with van der Waals surface area (Å²) in [7, 11) is 0. The van der Waals surface area contributed by atoms with Gasteiger partial charge in [0, 0.05) is 50.5 Å². The van der Waals surface area contributed by atoms with E-state index in [0.29, 0.717) is 24.3 Å². The van der Waals surface area contributed by atoms with Crippen LogP contribution in [0.15, 0.2) is 42.5 Å². The zero-order valence-corrected chi connectivity index (χ0v) is 15.6. The molecule has 0 aromatic heterocycles. The first-order valence-corrected chi connectivity index (χ1v) is 9.00. The second-order valence-corrected chi connectivity index (χ2v) is 6.61. The Bertz CT molecular complexity index is 930. The summed E-state index contributed by atoms with van der Waals surface area (Å²) in [6.07, 6.45) is 0.128. The van der Waals surface area contributed by atoms with Crippen molar-refractivity contribution in [2.45, 2.75) is 13.3 Å². The molecule has 2 aromatic carbocycles. The zero-order chi connectivity index (χ0) is 20.1. The highest BCUT2D eigenvalue weighted by atomic mass is 16.6. The Kier molecular flexibility index (Phi) is 5.75. The number of nitrogens with zero attached hydrogens (tertiary/aromatic N) is 4. The lowest BCUT2D eigenvalue weighted by Crippen LogP contribution is -2.48. The van der Waals surface area contributed by atoms with Crippen molar-refractivity contribution in [3.63, 3.8) is 0 Å². The van der Waals surface area contributed by atoms with Crippen LogP contribution in [-0.4, -0.2) is 41.9 Å². The lowest BCUT2D eigenvalue weighted by Gasteiger charge is -2.35. The number of hydrogen-bond acceptors (Lipinski definition) is 6. The Morgan fingerprint density at radius 1 is 1.21 bits per heavy atom. The molecular formula is C20H21N5O3. The standard InChI is InChI=1S/C20H21N5O3/c1-15(26)23-9-11-24(12-10-23)18-4-2-3-17(14-18)22-19-6-5-16(7-8-21)13-20(19)25(27)28/h2-6,13-14,22H,7,9-12H2,1H3. The highest BCUT2D eigenvalue weighted by Gasteiger charge is 2.19. The minimum atomic E-state index is -0.450. The van der Waals surface area contributed by atoms with Gasteiger partial charge in [0.15, 0.2) is 0 Å². The SMILES string of the molecule is CC(=O)N1CCN(c2cccc(Nc3ccc(CC#N)cc3[N+](=O)[O-])c2)CC1. The number of benzene rings is 2. The molecule has 8 nitrogen and oxygen atoms in total. The summed E-state index contributed by atoms with van der Waals surface area (Å²) >= 11 is 0. The van der Waals surface area contributed by atoms with E-state index in [4.69, 9.17) is 5.26 Å². The van der Waals surface area contributed by atoms with Gasteiger partial charge in [-0.25, -0.2) is 0 Å². The molecule has 0 unspecified atom stereocenters. The van der Waals surface area contributed by atoms with Crippen molar-refractivity contribution in [2.24, 2.45) is 0 Å². The Morgan fingerprint density at radius 3 is 2.61 bits per heavy atom. The third-order valence-corrected chi connectivity index (χ3v) is 4.76. The summed E-state index contributed by atoms with van der Waals surface area (Å²) in [4.78, 5) is 26.4. The van der Waals surface area contributed by atoms with Gasteiger partial charge in [0.2, 0.25) is 5.91 Å². The van der Waals surface area contributed by atoms with Gasteiger partial charge in [0.05, 0.1) is 17.4 Å². The molecule has 0 radical (unpaired) electrons. The fraction of sp³-hybridized carbons (Fsp3) is 0.300. The van der Waals surface area contributed by atoms with Crippen LogP contribution in [0.4, 0.5) is 22.7 Å². The van der Waals surface area contributed by atoms with E-state index < -0.39 is 4.92 Å². The first-order valence-electron chi connectivity index (χ1n) is 9.00. The van der Waals surface area contributed by atoms with Gasteiger partial charge in [-0.2, -0.15) is 5.26 Å². The van der Waals surface area contributed by atoms with Crippen molar-refractivity contribution in [3.05, 3.63) is 58.1 Å². The number of carbonyl (C=O) groups is 1. The molecule has 0 aliphatic carbocycles. The smallest absolute Gasteiger partial charge is 0.292 e. The fourth-order valence-corrected chi connectivity index (χ4v) is 3.25. The van der Waals surface area contributed by atoms with Gasteiger partial charge in [-0.1, -0.05) is 12.1 Å². The van der Waals surface area contributed by atoms with Crippen LogP contribution in [-0.2, 0) is 11.2 Å². The summed E-state index contributed by atoms with van der Waals surface area (Å²) in [5.41, 5.74) is 2.66. The lowest BCUT2D eigenvalue weighted by atomic mass is 10.1. The van der Waals surface area contributed by atoms with Gasteiger partial charge in [-0.3, -0.25) is 14.9 Å². The second kappa shape index (κ2) is 8.39. The second-order valence-electron chi connectivity index (χ2n) is 6.61. The van der Waals surface area contributed by atoms with E-state index in [2.05, 4.69) is 10.2 Å². The van der Waals surface area contributed by atoms with E-state index in [-0.39, 0.29) is 18.0 Å². The van der Waals surface area contributed by atoms with Gasteiger partial charge in [0.1, 0.15) is 5.69 Å². The number of hydrogen-bond donors (Lipinski definition) is 1. The predicted molar refractivity (Wildman–Crippen MR) is 107 cm³/mol. The molecular weight excluding hydrogens is 358 g/mol. The van der Waals surface area contributed by atoms with Crippen LogP contribution in [0.5, 0.6) is 0 Å². The molecule has 1 N–H and O–H groups in total. The van der Waals surface area contributed by atoms with Crippen LogP contribution in [0, 0.1) is 21.4 Å². The minimum Gasteiger partial charge on any atom is -0.368 e. The van der Waals surface area contributed by atoms with Crippen molar-refractivity contribution >= 4 is 28.7 Å². The number of nitriles is 1. The molecule has 1 amide bonds. The quantitative estimate of drug-likeness (QED) is 0.633. The van der Waals surface area contributed by atoms with Crippen molar-refractivity contribution in [2.75, 3.05) is 36.4 Å². The molecule has 1 fully saturated rings. The van der Waals surface area contributed by atoms with E-state index in [9.17, 15) is 14.9 Å². The average molecular weight is 379 g/mol. The first kappa shape index (κ1) is 19.2. The van der Waals surface area contributed by atoms with Crippen molar-refractivity contribution < 1.29 is 9.72 Å². The Morgan fingerprint density at radius 2 is 1.96 bits per heavy atom. The molecule has 0 bridgehead atoms. The van der Waals surface area contributed by atoms with Gasteiger partial charge >= 0.3 is 0 Å². The molecule has 144 valence electrons. The van der Waals surface area contributed by atoms with E-state index in [1.165, 1.54) is 6.07 Å². The Labute approximate surface area is 163 Å². The summed E-state index contributed by atoms with van der Waals surface area (Å²) in [5.74, 6) is 0.0854. The summed E-state index contributed by atoms with van der Waals surface area (Å²) in [6.45, 7) is 4.42. The van der Waals surface area contributed by atoms with Gasteiger partial charge in [0.25, 0.3) is 5.69 Å². The molecule has 8 heteroatoms. The van der Waals surface area contributed by atoms with Crippen LogP contribution < -0.4 is 10.2 Å². The number of amides is 1. The van der Waals surface area contributed by atoms with E-state index in [1.54, 1.807) is 19.1 Å². The Balaban J connectivity index is 1.77. The minimum absolute atomic E-state index is 0.0618. The van der Waals surface area contributed by atoms with Gasteiger partial charge < -0.3 is 15.1 Å². The topological polar surface area (TPSA) is 103 Å². The molecule has 2 aromatic rings. The molecule has 28 heavy (non-hydrogen) atoms. The monoisotopic (exact) mass is 379 g/mol. The van der Waals surface area contributed by atoms with Crippen molar-refractivity contribution in [1.29, 1.82) is 5.26 Å². The maximum Gasteiger partial charge on any atom is 0.292 e. The van der Waals surface area contributed by atoms with Gasteiger partial charge in [-0.05, 0) is 29.8 Å². The number of piperazine rings is 1. The van der Waals surface area contributed by atoms with Crippen LogP contribution in [0.3, 0.4) is 0 Å². The predicted octanol–water partition coefficient (Wildman–Crippen LogP) is 3.07. The maximum atomic E-state index is 11.5. The molecule has 1 aliphatic heterocycles. The highest BCUT2D eigenvalue weighted by molar-refractivity contribution is 5.74. The normalized spacial score (nSPS) is 13.7. The van der Waals surface area contributed by atoms with Crippen LogP contribution in [0.2, 0.25) is 0 Å². The molecule has 0 spiro atoms. The molecule has 0 saturated carbocycles. The average Bonchev–Trinajstić information content (AvgIpc) is 2.69. The summed E-state index contributed by atoms with van der Waals surface area (Å²) < 4.78 is 0. The lowest BCUT2D eigenvalue weighted by molar-refractivity contribution is -0.384. The number of carbonyl (C=O) groups excluding carboxylic acids is 1. The maximum absolute atomic E-state index is 11.5. The summed E-state index contributed by atoms with van der Waals surface area (Å²) in [6, 6.07) is 14.4. The van der Waals surface area contributed by atoms with Crippen LogP contribution in [0.1, 0.15) is 12.5 Å². The molecule has 0 atom stereocenters. The third-order valence-electron chi connectivity index (χ3n) is 4.76. The van der Waals surface area contributed by atoms with E-state index in [1.807, 2.05) is 35.2 Å². The molecule has 1 saturated heterocycles. The number of nitro benzene ring substituents is 1. The van der Waals surface area contributed by atoms with Crippen LogP contribution in [0.25, 0.3) is 0 Å². The van der Waals surface area contributed by atoms with E-state index >= 15 is 0 Å². The van der Waals surface area contributed by atoms with Crippen molar-refractivity contribution in [3.8, 4) is 6.07 Å². The fourth-order valence-electron chi connectivity index (χ4n) is 3.25.